The fraction of sp³-hybridized carbons (Fsp3) is 1.00. The Morgan fingerprint density at radius 3 is 1.95 bits per heavy atom. The van der Waals surface area contributed by atoms with Crippen molar-refractivity contribution in [3.05, 3.63) is 0 Å². The van der Waals surface area contributed by atoms with Gasteiger partial charge in [0.05, 0.1) is 19.8 Å². The van der Waals surface area contributed by atoms with E-state index < -0.39 is 54.4 Å². The second-order valence-corrected chi connectivity index (χ2v) is 3.95. The summed E-state index contributed by atoms with van der Waals surface area (Å²) in [4.78, 5) is -1.44. The van der Waals surface area contributed by atoms with Crippen LogP contribution < -0.4 is 0 Å². The molecular weight excluding hydrogens is 282 g/mol. The van der Waals surface area contributed by atoms with Gasteiger partial charge in [-0.25, -0.2) is 8.78 Å². The molecule has 0 saturated carbocycles. The van der Waals surface area contributed by atoms with Crippen LogP contribution >= 0.6 is 0 Å². The fourth-order valence-corrected chi connectivity index (χ4v) is 1.79. The Morgan fingerprint density at radius 2 is 1.47 bits per heavy atom. The van der Waals surface area contributed by atoms with Gasteiger partial charge in [-0.05, 0) is 0 Å². The number of ether oxygens (including phenoxy) is 2. The summed E-state index contributed by atoms with van der Waals surface area (Å²) in [6.07, 6.45) is -9.74. The predicted molar refractivity (Wildman–Crippen MR) is 52.0 cm³/mol. The van der Waals surface area contributed by atoms with Gasteiger partial charge in [0, 0.05) is 14.2 Å². The first kappa shape index (κ1) is 16.5. The Morgan fingerprint density at radius 1 is 1.00 bits per heavy atom. The van der Waals surface area contributed by atoms with Crippen LogP contribution in [0, 0.1) is 0 Å². The molecule has 2 atom stereocenters. The van der Waals surface area contributed by atoms with Gasteiger partial charge in [-0.1, -0.05) is 0 Å². The van der Waals surface area contributed by atoms with E-state index >= 15 is 0 Å². The summed E-state index contributed by atoms with van der Waals surface area (Å²) in [5.74, 6) is 0. The van der Waals surface area contributed by atoms with E-state index in [1.165, 1.54) is 0 Å². The summed E-state index contributed by atoms with van der Waals surface area (Å²) < 4.78 is 89.5. The van der Waals surface area contributed by atoms with Gasteiger partial charge in [0.15, 0.2) is 12.6 Å². The molecule has 0 aromatic heterocycles. The highest BCUT2D eigenvalue weighted by Crippen LogP contribution is 2.45. The minimum Gasteiger partial charge on any atom is -0.380 e. The van der Waals surface area contributed by atoms with Crippen molar-refractivity contribution in [3.63, 3.8) is 0 Å². The molecule has 19 heavy (non-hydrogen) atoms. The van der Waals surface area contributed by atoms with Crippen LogP contribution in [0.5, 0.6) is 0 Å². The quantitative estimate of drug-likeness (QED) is 0.549. The Kier molecular flexibility index (Phi) is 5.04. The van der Waals surface area contributed by atoms with E-state index in [0.717, 1.165) is 14.2 Å². The highest BCUT2D eigenvalue weighted by molar-refractivity contribution is 4.92. The van der Waals surface area contributed by atoms with Crippen molar-refractivity contribution < 1.29 is 35.8 Å². The molecule has 0 aliphatic carbocycles. The normalized spacial score (nSPS) is 26.5. The van der Waals surface area contributed by atoms with Crippen LogP contribution in [0.1, 0.15) is 0 Å². The molecule has 4 nitrogen and oxygen atoms in total. The van der Waals surface area contributed by atoms with Crippen LogP contribution in [0.15, 0.2) is 0 Å². The van der Waals surface area contributed by atoms with Crippen molar-refractivity contribution in [2.24, 2.45) is 0 Å². The van der Waals surface area contributed by atoms with Gasteiger partial charge < -0.3 is 9.47 Å². The number of halogens is 6. The summed E-state index contributed by atoms with van der Waals surface area (Å²) in [6.45, 7) is -3.46. The van der Waals surface area contributed by atoms with E-state index in [-0.39, 0.29) is 0 Å². The maximum absolute atomic E-state index is 13.7. The fourth-order valence-electron chi connectivity index (χ4n) is 1.79. The minimum absolute atomic E-state index is 0.446. The molecule has 10 heteroatoms. The van der Waals surface area contributed by atoms with Crippen LogP contribution in [0.3, 0.4) is 0 Å². The Hall–Kier alpha value is -0.580. The first-order valence-electron chi connectivity index (χ1n) is 5.26. The largest absolute Gasteiger partial charge is 0.380 e. The van der Waals surface area contributed by atoms with Crippen molar-refractivity contribution in [2.45, 2.75) is 24.8 Å². The highest BCUT2D eigenvalue weighted by atomic mass is 19.3. The zero-order valence-corrected chi connectivity index (χ0v) is 10.3. The number of hydrogen-bond acceptors (Lipinski definition) is 4. The van der Waals surface area contributed by atoms with Crippen molar-refractivity contribution in [1.82, 2.24) is 9.80 Å². The van der Waals surface area contributed by atoms with E-state index in [1.807, 2.05) is 0 Å². The number of alkyl halides is 6. The van der Waals surface area contributed by atoms with E-state index in [2.05, 4.69) is 9.47 Å². The van der Waals surface area contributed by atoms with Crippen molar-refractivity contribution >= 4 is 0 Å². The average molecular weight is 296 g/mol. The van der Waals surface area contributed by atoms with Crippen LogP contribution in [-0.4, -0.2) is 68.6 Å². The van der Waals surface area contributed by atoms with Gasteiger partial charge in [0.25, 0.3) is 0 Å². The van der Waals surface area contributed by atoms with Crippen molar-refractivity contribution in [2.75, 3.05) is 34.0 Å². The third-order valence-corrected chi connectivity index (χ3v) is 2.58. The molecule has 0 spiro atoms. The van der Waals surface area contributed by atoms with E-state index in [4.69, 9.17) is 0 Å². The molecule has 0 N–H and O–H groups in total. The van der Waals surface area contributed by atoms with Gasteiger partial charge in [-0.2, -0.15) is 22.5 Å². The van der Waals surface area contributed by atoms with Gasteiger partial charge in [-0.3, -0.25) is 0 Å². The maximum atomic E-state index is 13.7. The highest BCUT2D eigenvalue weighted by Gasteiger charge is 2.68. The summed E-state index contributed by atoms with van der Waals surface area (Å²) in [7, 11) is 2.00. The first-order valence-corrected chi connectivity index (χ1v) is 5.26. The van der Waals surface area contributed by atoms with Gasteiger partial charge in [0.2, 0.25) is 0 Å². The molecule has 0 aromatic rings. The number of rotatable bonds is 6. The first-order chi connectivity index (χ1) is 8.68. The van der Waals surface area contributed by atoms with Crippen LogP contribution in [0.2, 0.25) is 0 Å². The number of nitrogens with zero attached hydrogens (tertiary/aromatic N) is 2. The van der Waals surface area contributed by atoms with Gasteiger partial charge in [0.1, 0.15) is 0 Å². The van der Waals surface area contributed by atoms with Crippen LogP contribution in [0.4, 0.5) is 26.3 Å². The molecule has 1 aliphatic heterocycles. The number of hydrogen-bond donors (Lipinski definition) is 0. The maximum Gasteiger partial charge on any atom is 0.379 e. The molecule has 1 rings (SSSR count). The predicted octanol–water partition coefficient (Wildman–Crippen LogP) is 1.63. The molecular formula is C9H14F6N2O2. The Labute approximate surface area is 105 Å². The summed E-state index contributed by atoms with van der Waals surface area (Å²) in [5, 5.41) is 0. The third kappa shape index (κ3) is 3.12. The lowest BCUT2D eigenvalue weighted by molar-refractivity contribution is -0.306. The number of methoxy groups -OCH3 is 2. The summed E-state index contributed by atoms with van der Waals surface area (Å²) in [5.41, 5.74) is 0. The molecule has 0 bridgehead atoms. The Bertz CT molecular complexity index is 306. The average Bonchev–Trinajstić information content (AvgIpc) is 2.44. The minimum atomic E-state index is -4.49. The second-order valence-electron chi connectivity index (χ2n) is 3.95. The second kappa shape index (κ2) is 5.81. The molecule has 114 valence electrons. The van der Waals surface area contributed by atoms with Crippen LogP contribution in [0.25, 0.3) is 0 Å². The standard InChI is InChI=1S/C9H14F6N2O2/c1-18-3-6(10)16-5-8(12,13)17(9(16,14)15)7(11)4-19-2/h6-7H,3-5H2,1-2H3. The smallest absolute Gasteiger partial charge is 0.379 e. The van der Waals surface area contributed by atoms with E-state index in [1.54, 1.807) is 0 Å². The lowest BCUT2D eigenvalue weighted by Gasteiger charge is -2.32. The third-order valence-electron chi connectivity index (χ3n) is 2.58. The zero-order chi connectivity index (χ0) is 14.8. The molecule has 0 radical (unpaired) electrons. The van der Waals surface area contributed by atoms with Crippen molar-refractivity contribution in [1.29, 1.82) is 0 Å². The van der Waals surface area contributed by atoms with E-state index in [0.29, 0.717) is 0 Å². The molecule has 2 unspecified atom stereocenters. The molecule has 1 heterocycles. The SMILES string of the molecule is COCC(F)N1CC(F)(F)N(C(F)COC)C1(F)F. The Balaban J connectivity index is 2.98. The van der Waals surface area contributed by atoms with Crippen molar-refractivity contribution in [3.8, 4) is 0 Å². The van der Waals surface area contributed by atoms with E-state index in [9.17, 15) is 26.3 Å². The topological polar surface area (TPSA) is 24.9 Å². The van der Waals surface area contributed by atoms with Crippen LogP contribution in [-0.2, 0) is 9.47 Å². The summed E-state index contributed by atoms with van der Waals surface area (Å²) >= 11 is 0. The lowest BCUT2D eigenvalue weighted by atomic mass is 10.4. The summed E-state index contributed by atoms with van der Waals surface area (Å²) in [6, 6.07) is -4.22. The monoisotopic (exact) mass is 296 g/mol. The zero-order valence-electron chi connectivity index (χ0n) is 10.3. The molecule has 0 amide bonds. The molecule has 1 aliphatic rings. The lowest BCUT2D eigenvalue weighted by Crippen LogP contribution is -2.55. The molecule has 1 saturated heterocycles. The van der Waals surface area contributed by atoms with Gasteiger partial charge in [-0.15, -0.1) is 4.90 Å². The molecule has 0 aromatic carbocycles. The van der Waals surface area contributed by atoms with Gasteiger partial charge >= 0.3 is 12.2 Å². The molecule has 1 fully saturated rings.